The maximum absolute atomic E-state index is 12.4. The van der Waals surface area contributed by atoms with Crippen LogP contribution in [-0.4, -0.2) is 47.4 Å². The maximum Gasteiger partial charge on any atom is 0.305 e. The summed E-state index contributed by atoms with van der Waals surface area (Å²) < 4.78 is 5.50. The summed E-state index contributed by atoms with van der Waals surface area (Å²) in [6.45, 7) is 4.97. The molecule has 0 aliphatic heterocycles. The Morgan fingerprint density at radius 3 is 0.973 bits per heavy atom. The number of carbonyl (C=O) groups excluding carboxylic acids is 2. The van der Waals surface area contributed by atoms with Crippen molar-refractivity contribution in [1.29, 1.82) is 0 Å². The molecular formula is C67H131NO5. The highest BCUT2D eigenvalue weighted by molar-refractivity contribution is 5.76. The summed E-state index contributed by atoms with van der Waals surface area (Å²) in [5.74, 6) is -0.0120. The van der Waals surface area contributed by atoms with Crippen LogP contribution in [0, 0.1) is 0 Å². The molecular weight excluding hydrogens is 899 g/mol. The number of esters is 1. The molecule has 0 aliphatic carbocycles. The van der Waals surface area contributed by atoms with E-state index >= 15 is 0 Å². The lowest BCUT2D eigenvalue weighted by Crippen LogP contribution is -2.45. The van der Waals surface area contributed by atoms with Gasteiger partial charge in [-0.3, -0.25) is 9.59 Å². The molecule has 0 saturated carbocycles. The quantitative estimate of drug-likeness (QED) is 0.0320. The average molecular weight is 1030 g/mol. The molecule has 6 heteroatoms. The predicted octanol–water partition coefficient (Wildman–Crippen LogP) is 21.2. The fourth-order valence-corrected chi connectivity index (χ4v) is 10.7. The fourth-order valence-electron chi connectivity index (χ4n) is 10.7. The molecule has 0 rings (SSSR count). The minimum Gasteiger partial charge on any atom is -0.466 e. The molecule has 2 unspecified atom stereocenters. The highest BCUT2D eigenvalue weighted by Gasteiger charge is 2.20. The Morgan fingerprint density at radius 2 is 0.644 bits per heavy atom. The molecule has 6 nitrogen and oxygen atoms in total. The van der Waals surface area contributed by atoms with Crippen LogP contribution in [-0.2, 0) is 14.3 Å². The standard InChI is InChI=1S/C67H131NO5/c1-3-5-7-9-11-13-15-16-17-35-38-41-45-49-53-57-61-67(72)73-62-58-54-50-46-42-39-36-33-31-29-27-25-23-21-19-18-20-22-24-26-28-30-32-34-37-40-44-48-52-56-60-66(71)68-64(63-69)65(70)59-55-51-47-43-14-12-10-8-6-4-2/h19,21,64-65,69-70H,3-18,20,22-63H2,1-2H3,(H,68,71)/b21-19-. The molecule has 0 radical (unpaired) electrons. The van der Waals surface area contributed by atoms with Gasteiger partial charge in [-0.05, 0) is 51.4 Å². The SMILES string of the molecule is CCCCCCCCCCCCCCCCCCC(=O)OCCCCCCCCCCCCCC/C=C\CCCCCCCCCCCCCCCCC(=O)NC(CO)C(O)CCCCCCCCCCCC. The molecule has 0 aromatic heterocycles. The van der Waals surface area contributed by atoms with Crippen LogP contribution < -0.4 is 5.32 Å². The van der Waals surface area contributed by atoms with E-state index in [1.807, 2.05) is 0 Å². The van der Waals surface area contributed by atoms with Gasteiger partial charge in [0.1, 0.15) is 0 Å². The zero-order valence-electron chi connectivity index (χ0n) is 49.6. The topological polar surface area (TPSA) is 95.9 Å². The predicted molar refractivity (Wildman–Crippen MR) is 320 cm³/mol. The van der Waals surface area contributed by atoms with Crippen LogP contribution in [0.1, 0.15) is 380 Å². The van der Waals surface area contributed by atoms with E-state index < -0.39 is 12.1 Å². The highest BCUT2D eigenvalue weighted by atomic mass is 16.5. The number of unbranched alkanes of at least 4 members (excludes halogenated alkanes) is 50. The van der Waals surface area contributed by atoms with Crippen LogP contribution in [0.5, 0.6) is 0 Å². The van der Waals surface area contributed by atoms with Crippen molar-refractivity contribution in [3.8, 4) is 0 Å². The number of rotatable bonds is 63. The first-order valence-electron chi connectivity index (χ1n) is 33.4. The fraction of sp³-hybridized carbons (Fsp3) is 0.940. The summed E-state index contributed by atoms with van der Waals surface area (Å²) in [5, 5.41) is 23.2. The molecule has 0 aromatic carbocycles. The Hall–Kier alpha value is -1.40. The molecule has 0 fully saturated rings. The zero-order chi connectivity index (χ0) is 52.9. The van der Waals surface area contributed by atoms with E-state index in [-0.39, 0.29) is 18.5 Å². The van der Waals surface area contributed by atoms with Gasteiger partial charge in [-0.25, -0.2) is 0 Å². The van der Waals surface area contributed by atoms with Gasteiger partial charge in [0.15, 0.2) is 0 Å². The monoisotopic (exact) mass is 1030 g/mol. The van der Waals surface area contributed by atoms with Crippen molar-refractivity contribution in [2.24, 2.45) is 0 Å². The van der Waals surface area contributed by atoms with Crippen molar-refractivity contribution >= 4 is 11.9 Å². The molecule has 0 saturated heterocycles. The van der Waals surface area contributed by atoms with Crippen molar-refractivity contribution < 1.29 is 24.5 Å². The van der Waals surface area contributed by atoms with Crippen LogP contribution in [0.15, 0.2) is 12.2 Å². The second-order valence-corrected chi connectivity index (χ2v) is 23.2. The zero-order valence-corrected chi connectivity index (χ0v) is 49.6. The third-order valence-corrected chi connectivity index (χ3v) is 15.8. The summed E-state index contributed by atoms with van der Waals surface area (Å²) in [6.07, 6.45) is 76.9. The van der Waals surface area contributed by atoms with Crippen molar-refractivity contribution in [3.05, 3.63) is 12.2 Å². The molecule has 0 aliphatic rings. The summed E-state index contributed by atoms with van der Waals surface area (Å²) in [7, 11) is 0. The van der Waals surface area contributed by atoms with E-state index in [1.54, 1.807) is 0 Å². The Labute approximate surface area is 457 Å². The first-order chi connectivity index (χ1) is 36.0. The summed E-state index contributed by atoms with van der Waals surface area (Å²) in [4.78, 5) is 24.5. The number of ether oxygens (including phenoxy) is 1. The van der Waals surface area contributed by atoms with Crippen molar-refractivity contribution in [2.45, 2.75) is 392 Å². The van der Waals surface area contributed by atoms with E-state index in [0.29, 0.717) is 25.9 Å². The van der Waals surface area contributed by atoms with Crippen LogP contribution in [0.25, 0.3) is 0 Å². The molecule has 2 atom stereocenters. The van der Waals surface area contributed by atoms with Gasteiger partial charge in [-0.1, -0.05) is 328 Å². The number of aliphatic hydroxyl groups excluding tert-OH is 2. The molecule has 434 valence electrons. The molecule has 73 heavy (non-hydrogen) atoms. The van der Waals surface area contributed by atoms with Gasteiger partial charge in [-0.2, -0.15) is 0 Å². The van der Waals surface area contributed by atoms with E-state index in [0.717, 1.165) is 38.5 Å². The Balaban J connectivity index is 3.32. The van der Waals surface area contributed by atoms with Crippen LogP contribution >= 0.6 is 0 Å². The maximum atomic E-state index is 12.4. The van der Waals surface area contributed by atoms with E-state index in [2.05, 4.69) is 31.3 Å². The van der Waals surface area contributed by atoms with Crippen LogP contribution in [0.2, 0.25) is 0 Å². The van der Waals surface area contributed by atoms with Gasteiger partial charge in [0.2, 0.25) is 5.91 Å². The normalized spacial score (nSPS) is 12.5. The number of hydrogen-bond donors (Lipinski definition) is 3. The largest absolute Gasteiger partial charge is 0.466 e. The summed E-state index contributed by atoms with van der Waals surface area (Å²) >= 11 is 0. The van der Waals surface area contributed by atoms with Gasteiger partial charge in [0.05, 0.1) is 25.4 Å². The number of allylic oxidation sites excluding steroid dienone is 2. The van der Waals surface area contributed by atoms with Gasteiger partial charge in [0, 0.05) is 12.8 Å². The molecule has 0 heterocycles. The molecule has 0 bridgehead atoms. The Bertz CT molecular complexity index is 1100. The number of aliphatic hydroxyl groups is 2. The summed E-state index contributed by atoms with van der Waals surface area (Å²) in [6, 6.07) is -0.538. The lowest BCUT2D eigenvalue weighted by Gasteiger charge is -2.22. The van der Waals surface area contributed by atoms with Crippen molar-refractivity contribution in [3.63, 3.8) is 0 Å². The lowest BCUT2D eigenvalue weighted by molar-refractivity contribution is -0.143. The average Bonchev–Trinajstić information content (AvgIpc) is 3.39. The van der Waals surface area contributed by atoms with E-state index in [4.69, 9.17) is 4.74 Å². The van der Waals surface area contributed by atoms with E-state index in [1.165, 1.54) is 308 Å². The number of carbonyl (C=O) groups is 2. The molecule has 0 spiro atoms. The smallest absolute Gasteiger partial charge is 0.305 e. The lowest BCUT2D eigenvalue weighted by atomic mass is 10.0. The first kappa shape index (κ1) is 71.6. The van der Waals surface area contributed by atoms with E-state index in [9.17, 15) is 19.8 Å². The first-order valence-corrected chi connectivity index (χ1v) is 33.4. The molecule has 0 aromatic rings. The molecule has 1 amide bonds. The highest BCUT2D eigenvalue weighted by Crippen LogP contribution is 2.18. The van der Waals surface area contributed by atoms with Gasteiger partial charge < -0.3 is 20.3 Å². The van der Waals surface area contributed by atoms with Crippen LogP contribution in [0.4, 0.5) is 0 Å². The minimum absolute atomic E-state index is 0.0212. The third kappa shape index (κ3) is 59.7. The van der Waals surface area contributed by atoms with Crippen molar-refractivity contribution in [1.82, 2.24) is 5.32 Å². The minimum atomic E-state index is -0.660. The molecule has 3 N–H and O–H groups in total. The van der Waals surface area contributed by atoms with Crippen LogP contribution in [0.3, 0.4) is 0 Å². The van der Waals surface area contributed by atoms with Crippen molar-refractivity contribution in [2.75, 3.05) is 13.2 Å². The number of nitrogens with one attached hydrogen (secondary N) is 1. The Kier molecular flexibility index (Phi) is 61.9. The van der Waals surface area contributed by atoms with Gasteiger partial charge >= 0.3 is 5.97 Å². The third-order valence-electron chi connectivity index (χ3n) is 15.8. The van der Waals surface area contributed by atoms with Gasteiger partial charge in [0.25, 0.3) is 0 Å². The Morgan fingerprint density at radius 1 is 0.370 bits per heavy atom. The van der Waals surface area contributed by atoms with Gasteiger partial charge in [-0.15, -0.1) is 0 Å². The second kappa shape index (κ2) is 63.1. The number of amides is 1. The summed E-state index contributed by atoms with van der Waals surface area (Å²) in [5.41, 5.74) is 0. The number of hydrogen-bond acceptors (Lipinski definition) is 5. The second-order valence-electron chi connectivity index (χ2n) is 23.2.